The van der Waals surface area contributed by atoms with Crippen LogP contribution in [0.4, 0.5) is 5.69 Å². The summed E-state index contributed by atoms with van der Waals surface area (Å²) in [5.41, 5.74) is 0.0150. The number of ether oxygens (including phenoxy) is 1. The fourth-order valence-electron chi connectivity index (χ4n) is 0.880. The second-order valence-corrected chi connectivity index (χ2v) is 2.57. The third-order valence-electron chi connectivity index (χ3n) is 1.46. The van der Waals surface area contributed by atoms with Crippen molar-refractivity contribution in [1.29, 1.82) is 0 Å². The van der Waals surface area contributed by atoms with Crippen molar-refractivity contribution in [3.8, 4) is 5.75 Å². The predicted molar refractivity (Wildman–Crippen MR) is 47.8 cm³/mol. The average molecular weight is 193 g/mol. The molecule has 72 valence electrons. The van der Waals surface area contributed by atoms with Crippen LogP contribution >= 0.6 is 0 Å². The molecule has 0 bridgehead atoms. The summed E-state index contributed by atoms with van der Waals surface area (Å²) in [7, 11) is 0. The normalized spacial score (nSPS) is 9.57. The Morgan fingerprint density at radius 3 is 2.71 bits per heavy atom. The Morgan fingerprint density at radius 2 is 2.21 bits per heavy atom. The monoisotopic (exact) mass is 193 g/mol. The number of esters is 1. The Morgan fingerprint density at radius 1 is 1.57 bits per heavy atom. The molecule has 0 aliphatic carbocycles. The van der Waals surface area contributed by atoms with Gasteiger partial charge < -0.3 is 4.74 Å². The summed E-state index contributed by atoms with van der Waals surface area (Å²) in [5.74, 6) is -0.566. The zero-order valence-corrected chi connectivity index (χ0v) is 7.39. The second-order valence-electron chi connectivity index (χ2n) is 2.57. The van der Waals surface area contributed by atoms with Gasteiger partial charge in [-0.2, -0.15) is 0 Å². The van der Waals surface area contributed by atoms with Crippen LogP contribution in [0.3, 0.4) is 0 Å². The van der Waals surface area contributed by atoms with Gasteiger partial charge in [0.25, 0.3) is 5.69 Å². The smallest absolute Gasteiger partial charge is 0.308 e. The van der Waals surface area contributed by atoms with E-state index in [0.717, 1.165) is 6.07 Å². The van der Waals surface area contributed by atoms with E-state index in [4.69, 9.17) is 6.92 Å². The lowest BCUT2D eigenvalue weighted by Gasteiger charge is -2.03. The van der Waals surface area contributed by atoms with Gasteiger partial charge >= 0.3 is 5.97 Å². The van der Waals surface area contributed by atoms with Crippen LogP contribution in [0.2, 0.25) is 0 Å². The highest BCUT2D eigenvalue weighted by atomic mass is 16.6. The number of non-ortho nitro benzene ring substituents is 1. The van der Waals surface area contributed by atoms with Crippen molar-refractivity contribution in [2.24, 2.45) is 0 Å². The molecule has 0 fully saturated rings. The molecule has 1 aromatic carbocycles. The van der Waals surface area contributed by atoms with Crippen LogP contribution in [-0.4, -0.2) is 10.9 Å². The van der Waals surface area contributed by atoms with Crippen molar-refractivity contribution in [3.63, 3.8) is 0 Å². The lowest BCUT2D eigenvalue weighted by atomic mass is 10.2. The van der Waals surface area contributed by atoms with E-state index in [0.29, 0.717) is 0 Å². The van der Waals surface area contributed by atoms with Crippen LogP contribution in [0.15, 0.2) is 18.2 Å². The minimum atomic E-state index is -0.591. The molecule has 1 rings (SSSR count). The summed E-state index contributed by atoms with van der Waals surface area (Å²) in [6, 6.07) is 3.66. The van der Waals surface area contributed by atoms with Gasteiger partial charge in [-0.05, 0) is 11.6 Å². The summed E-state index contributed by atoms with van der Waals surface area (Å²) in [6.07, 6.45) is 0. The molecule has 5 nitrogen and oxygen atoms in total. The number of rotatable bonds is 2. The first-order valence-corrected chi connectivity index (χ1v) is 3.73. The highest BCUT2D eigenvalue weighted by Crippen LogP contribution is 2.23. The molecule has 0 saturated carbocycles. The van der Waals surface area contributed by atoms with Crippen molar-refractivity contribution in [2.75, 3.05) is 0 Å². The summed E-state index contributed by atoms with van der Waals surface area (Å²) in [4.78, 5) is 20.4. The second kappa shape index (κ2) is 3.87. The summed E-state index contributed by atoms with van der Waals surface area (Å²) in [5, 5.41) is 10.4. The third kappa shape index (κ3) is 2.29. The maximum Gasteiger partial charge on any atom is 0.308 e. The van der Waals surface area contributed by atoms with Gasteiger partial charge in [0.2, 0.25) is 0 Å². The Hall–Kier alpha value is -1.91. The number of hydrogen-bond donors (Lipinski definition) is 0. The maximum absolute atomic E-state index is 10.6. The summed E-state index contributed by atoms with van der Waals surface area (Å²) < 4.78 is 4.67. The maximum atomic E-state index is 10.6. The molecule has 14 heavy (non-hydrogen) atoms. The Kier molecular flexibility index (Phi) is 2.81. The predicted octanol–water partition coefficient (Wildman–Crippen LogP) is 1.58. The van der Waals surface area contributed by atoms with Crippen molar-refractivity contribution >= 4 is 11.7 Å². The highest BCUT2D eigenvalue weighted by molar-refractivity contribution is 5.70. The molecule has 0 aliphatic heterocycles. The minimum Gasteiger partial charge on any atom is -0.426 e. The van der Waals surface area contributed by atoms with E-state index in [9.17, 15) is 14.9 Å². The molecular weight excluding hydrogens is 186 g/mol. The number of nitro benzene ring substituents is 1. The van der Waals surface area contributed by atoms with Gasteiger partial charge in [-0.1, -0.05) is 0 Å². The van der Waals surface area contributed by atoms with Gasteiger partial charge in [0.15, 0.2) is 0 Å². The fraction of sp³-hybridized carbons (Fsp3) is 0.111. The minimum absolute atomic E-state index is 0.00620. The van der Waals surface area contributed by atoms with E-state index in [1.165, 1.54) is 19.1 Å². The van der Waals surface area contributed by atoms with E-state index in [1.54, 1.807) is 0 Å². The summed E-state index contributed by atoms with van der Waals surface area (Å²) in [6.45, 7) is 6.63. The molecule has 0 atom stereocenters. The van der Waals surface area contributed by atoms with Crippen LogP contribution in [0.1, 0.15) is 12.5 Å². The molecule has 0 unspecified atom stereocenters. The number of nitro groups is 1. The number of carbonyl (C=O) groups is 1. The van der Waals surface area contributed by atoms with Crippen molar-refractivity contribution in [3.05, 3.63) is 40.8 Å². The largest absolute Gasteiger partial charge is 0.426 e. The molecule has 2 radical (unpaired) electrons. The summed E-state index contributed by atoms with van der Waals surface area (Å²) >= 11 is 0. The van der Waals surface area contributed by atoms with Gasteiger partial charge in [-0.15, -0.1) is 0 Å². The number of nitrogens with zero attached hydrogens (tertiary/aromatic N) is 1. The molecule has 0 saturated heterocycles. The van der Waals surface area contributed by atoms with Gasteiger partial charge in [-0.3, -0.25) is 14.9 Å². The van der Waals surface area contributed by atoms with Gasteiger partial charge in [-0.25, -0.2) is 0 Å². The molecule has 0 amide bonds. The first-order valence-electron chi connectivity index (χ1n) is 3.73. The first kappa shape index (κ1) is 10.2. The number of hydrogen-bond acceptors (Lipinski definition) is 4. The Balaban J connectivity index is 3.08. The molecular formula is C9H7NO4. The van der Waals surface area contributed by atoms with Crippen molar-refractivity contribution in [1.82, 2.24) is 0 Å². The topological polar surface area (TPSA) is 69.4 Å². The van der Waals surface area contributed by atoms with E-state index in [2.05, 4.69) is 4.74 Å². The lowest BCUT2D eigenvalue weighted by Crippen LogP contribution is -2.03. The van der Waals surface area contributed by atoms with Crippen molar-refractivity contribution < 1.29 is 14.5 Å². The molecule has 0 spiro atoms. The zero-order chi connectivity index (χ0) is 10.7. The fourth-order valence-corrected chi connectivity index (χ4v) is 0.880. The molecule has 0 aromatic heterocycles. The molecule has 0 heterocycles. The van der Waals surface area contributed by atoms with Crippen LogP contribution < -0.4 is 4.74 Å². The standard InChI is InChI=1S/C9H7NO4/c1-6-3-4-8(10(12)13)5-9(6)14-7(2)11/h1,3-5H,2H3. The van der Waals surface area contributed by atoms with Crippen LogP contribution in [0.25, 0.3) is 0 Å². The molecule has 5 heteroatoms. The number of carbonyl (C=O) groups excluding carboxylic acids is 1. The van der Waals surface area contributed by atoms with E-state index in [1.807, 2.05) is 0 Å². The SMILES string of the molecule is [CH]c1ccc([N+](=O)[O-])cc1OC(C)=O. The average Bonchev–Trinajstić information content (AvgIpc) is 2.07. The first-order chi connectivity index (χ1) is 6.50. The number of benzene rings is 1. The highest BCUT2D eigenvalue weighted by Gasteiger charge is 2.10. The molecule has 0 N–H and O–H groups in total. The molecule has 1 aromatic rings. The van der Waals surface area contributed by atoms with E-state index < -0.39 is 10.9 Å². The Labute approximate surface area is 80.5 Å². The van der Waals surface area contributed by atoms with Gasteiger partial charge in [0.1, 0.15) is 5.75 Å². The quantitative estimate of drug-likeness (QED) is 0.309. The van der Waals surface area contributed by atoms with E-state index in [-0.39, 0.29) is 17.0 Å². The third-order valence-corrected chi connectivity index (χ3v) is 1.46. The molecule has 0 aliphatic rings. The van der Waals surface area contributed by atoms with Crippen LogP contribution in [-0.2, 0) is 4.79 Å². The van der Waals surface area contributed by atoms with E-state index >= 15 is 0 Å². The van der Waals surface area contributed by atoms with Crippen LogP contribution in [0.5, 0.6) is 5.75 Å². The lowest BCUT2D eigenvalue weighted by molar-refractivity contribution is -0.384. The van der Waals surface area contributed by atoms with Crippen molar-refractivity contribution in [2.45, 2.75) is 6.92 Å². The Bertz CT molecular complexity index is 386. The van der Waals surface area contributed by atoms with Gasteiger partial charge in [0, 0.05) is 19.9 Å². The van der Waals surface area contributed by atoms with Crippen LogP contribution in [0, 0.1) is 17.0 Å². The zero-order valence-electron chi connectivity index (χ0n) is 7.39. The van der Waals surface area contributed by atoms with Gasteiger partial charge in [0.05, 0.1) is 11.0 Å².